The van der Waals surface area contributed by atoms with Gasteiger partial charge >= 0.3 is 0 Å². The third-order valence-electron chi connectivity index (χ3n) is 2.00. The number of ether oxygens (including phenoxy) is 1. The van der Waals surface area contributed by atoms with Crippen LogP contribution in [0.15, 0.2) is 0 Å². The van der Waals surface area contributed by atoms with Gasteiger partial charge in [-0.2, -0.15) is 0 Å². The second-order valence-electron chi connectivity index (χ2n) is 3.87. The number of rotatable bonds is 9. The Labute approximate surface area is 92.8 Å². The number of carbonyl (C=O) groups is 1. The van der Waals surface area contributed by atoms with Crippen molar-refractivity contribution in [2.24, 2.45) is 5.92 Å². The van der Waals surface area contributed by atoms with E-state index in [-0.39, 0.29) is 11.8 Å². The summed E-state index contributed by atoms with van der Waals surface area (Å²) in [4.78, 5) is 11.2. The summed E-state index contributed by atoms with van der Waals surface area (Å²) < 4.78 is 5.39. The van der Waals surface area contributed by atoms with E-state index in [1.165, 1.54) is 0 Å². The molecule has 0 saturated heterocycles. The molecule has 4 nitrogen and oxygen atoms in total. The predicted octanol–water partition coefficient (Wildman–Crippen LogP) is 0.775. The molecule has 0 aromatic heterocycles. The molecule has 0 aromatic carbocycles. The Morgan fingerprint density at radius 2 is 1.80 bits per heavy atom. The maximum absolute atomic E-state index is 11.2. The summed E-state index contributed by atoms with van der Waals surface area (Å²) in [7, 11) is 1.93. The first-order valence-corrected chi connectivity index (χ1v) is 5.68. The van der Waals surface area contributed by atoms with Crippen LogP contribution < -0.4 is 10.6 Å². The van der Waals surface area contributed by atoms with Gasteiger partial charge in [-0.3, -0.25) is 4.79 Å². The van der Waals surface area contributed by atoms with Gasteiger partial charge < -0.3 is 15.4 Å². The monoisotopic (exact) mass is 216 g/mol. The highest BCUT2D eigenvalue weighted by Crippen LogP contribution is 1.91. The molecular formula is C11H24N2O2. The Balaban J connectivity index is 3.08. The fourth-order valence-corrected chi connectivity index (χ4v) is 1.04. The molecule has 0 aliphatic carbocycles. The van der Waals surface area contributed by atoms with Crippen LogP contribution in [0.5, 0.6) is 0 Å². The van der Waals surface area contributed by atoms with Gasteiger partial charge in [0.15, 0.2) is 0 Å². The standard InChI is InChI=1S/C11H24N2O2/c1-10(2)11(14)13-7-5-9-15-8-4-6-12-3/h10,12H,4-9H2,1-3H3,(H,13,14). The zero-order chi connectivity index (χ0) is 11.5. The molecule has 0 atom stereocenters. The number of carbonyl (C=O) groups excluding carboxylic acids is 1. The highest BCUT2D eigenvalue weighted by atomic mass is 16.5. The Morgan fingerprint density at radius 1 is 1.20 bits per heavy atom. The van der Waals surface area contributed by atoms with Crippen molar-refractivity contribution in [2.75, 3.05) is 33.4 Å². The molecule has 1 amide bonds. The van der Waals surface area contributed by atoms with Gasteiger partial charge in [0, 0.05) is 25.7 Å². The summed E-state index contributed by atoms with van der Waals surface area (Å²) >= 11 is 0. The minimum absolute atomic E-state index is 0.0709. The van der Waals surface area contributed by atoms with Crippen LogP contribution >= 0.6 is 0 Å². The molecule has 2 N–H and O–H groups in total. The zero-order valence-corrected chi connectivity index (χ0v) is 10.1. The van der Waals surface area contributed by atoms with Gasteiger partial charge in [0.2, 0.25) is 5.91 Å². The summed E-state index contributed by atoms with van der Waals surface area (Å²) in [6, 6.07) is 0. The average Bonchev–Trinajstić information content (AvgIpc) is 2.21. The second-order valence-corrected chi connectivity index (χ2v) is 3.87. The Hall–Kier alpha value is -0.610. The minimum atomic E-state index is 0.0709. The molecule has 0 spiro atoms. The Bertz CT molecular complexity index is 161. The van der Waals surface area contributed by atoms with E-state index in [9.17, 15) is 4.79 Å². The van der Waals surface area contributed by atoms with Crippen molar-refractivity contribution in [3.8, 4) is 0 Å². The van der Waals surface area contributed by atoms with Gasteiger partial charge in [0.25, 0.3) is 0 Å². The van der Waals surface area contributed by atoms with Gasteiger partial charge in [0.05, 0.1) is 0 Å². The van der Waals surface area contributed by atoms with E-state index in [2.05, 4.69) is 10.6 Å². The molecule has 90 valence electrons. The van der Waals surface area contributed by atoms with Crippen LogP contribution in [-0.4, -0.2) is 39.3 Å². The number of amides is 1. The molecule has 0 heterocycles. The van der Waals surface area contributed by atoms with E-state index >= 15 is 0 Å². The van der Waals surface area contributed by atoms with Gasteiger partial charge in [-0.1, -0.05) is 13.8 Å². The summed E-state index contributed by atoms with van der Waals surface area (Å²) in [6.07, 6.45) is 1.92. The van der Waals surface area contributed by atoms with Crippen LogP contribution in [0.3, 0.4) is 0 Å². The van der Waals surface area contributed by atoms with Crippen molar-refractivity contribution >= 4 is 5.91 Å². The third kappa shape index (κ3) is 9.69. The molecule has 0 saturated carbocycles. The van der Waals surface area contributed by atoms with Gasteiger partial charge in [-0.05, 0) is 26.4 Å². The van der Waals surface area contributed by atoms with Crippen molar-refractivity contribution < 1.29 is 9.53 Å². The lowest BCUT2D eigenvalue weighted by Gasteiger charge is -2.07. The van der Waals surface area contributed by atoms with Gasteiger partial charge in [0.1, 0.15) is 0 Å². The average molecular weight is 216 g/mol. The Morgan fingerprint density at radius 3 is 2.33 bits per heavy atom. The molecule has 0 bridgehead atoms. The van der Waals surface area contributed by atoms with Crippen molar-refractivity contribution in [1.82, 2.24) is 10.6 Å². The largest absolute Gasteiger partial charge is 0.381 e. The SMILES string of the molecule is CNCCCOCCCNC(=O)C(C)C. The van der Waals surface area contributed by atoms with Gasteiger partial charge in [-0.25, -0.2) is 0 Å². The lowest BCUT2D eigenvalue weighted by atomic mass is 10.2. The van der Waals surface area contributed by atoms with Gasteiger partial charge in [-0.15, -0.1) is 0 Å². The second kappa shape index (κ2) is 9.93. The molecule has 0 aliphatic rings. The van der Waals surface area contributed by atoms with Crippen LogP contribution in [0.25, 0.3) is 0 Å². The lowest BCUT2D eigenvalue weighted by Crippen LogP contribution is -2.29. The predicted molar refractivity (Wildman–Crippen MR) is 61.8 cm³/mol. The van der Waals surface area contributed by atoms with E-state index in [1.54, 1.807) is 0 Å². The molecule has 0 fully saturated rings. The third-order valence-corrected chi connectivity index (χ3v) is 2.00. The molecule has 15 heavy (non-hydrogen) atoms. The van der Waals surface area contributed by atoms with Crippen LogP contribution in [0.2, 0.25) is 0 Å². The number of nitrogens with one attached hydrogen (secondary N) is 2. The van der Waals surface area contributed by atoms with Crippen LogP contribution in [0.4, 0.5) is 0 Å². The molecule has 4 heteroatoms. The lowest BCUT2D eigenvalue weighted by molar-refractivity contribution is -0.124. The van der Waals surface area contributed by atoms with Crippen LogP contribution in [0.1, 0.15) is 26.7 Å². The maximum Gasteiger partial charge on any atom is 0.222 e. The van der Waals surface area contributed by atoms with E-state index in [0.717, 1.165) is 32.6 Å². The fourth-order valence-electron chi connectivity index (χ4n) is 1.04. The zero-order valence-electron chi connectivity index (χ0n) is 10.1. The van der Waals surface area contributed by atoms with E-state index in [4.69, 9.17) is 4.74 Å². The smallest absolute Gasteiger partial charge is 0.222 e. The molecular weight excluding hydrogens is 192 g/mol. The summed E-state index contributed by atoms with van der Waals surface area (Å²) in [5.41, 5.74) is 0. The van der Waals surface area contributed by atoms with Crippen LogP contribution in [-0.2, 0) is 9.53 Å². The van der Waals surface area contributed by atoms with Crippen molar-refractivity contribution in [2.45, 2.75) is 26.7 Å². The van der Waals surface area contributed by atoms with E-state index in [0.29, 0.717) is 6.54 Å². The molecule has 0 aliphatic heterocycles. The normalized spacial score (nSPS) is 10.7. The van der Waals surface area contributed by atoms with Crippen molar-refractivity contribution in [1.29, 1.82) is 0 Å². The quantitative estimate of drug-likeness (QED) is 0.560. The topological polar surface area (TPSA) is 50.4 Å². The minimum Gasteiger partial charge on any atom is -0.381 e. The highest BCUT2D eigenvalue weighted by molar-refractivity contribution is 5.77. The summed E-state index contributed by atoms with van der Waals surface area (Å²) in [5.74, 6) is 0.187. The molecule has 0 radical (unpaired) electrons. The summed E-state index contributed by atoms with van der Waals surface area (Å²) in [6.45, 7) is 7.00. The fraction of sp³-hybridized carbons (Fsp3) is 0.909. The number of hydrogen-bond acceptors (Lipinski definition) is 3. The molecule has 0 unspecified atom stereocenters. The highest BCUT2D eigenvalue weighted by Gasteiger charge is 2.04. The maximum atomic E-state index is 11.2. The number of hydrogen-bond donors (Lipinski definition) is 2. The molecule has 0 rings (SSSR count). The van der Waals surface area contributed by atoms with Crippen molar-refractivity contribution in [3.63, 3.8) is 0 Å². The first kappa shape index (κ1) is 14.4. The first-order valence-electron chi connectivity index (χ1n) is 5.68. The Kier molecular flexibility index (Phi) is 9.52. The first-order chi connectivity index (χ1) is 7.18. The van der Waals surface area contributed by atoms with E-state index < -0.39 is 0 Å². The van der Waals surface area contributed by atoms with E-state index in [1.807, 2.05) is 20.9 Å². The summed E-state index contributed by atoms with van der Waals surface area (Å²) in [5, 5.41) is 5.91. The molecule has 0 aromatic rings. The van der Waals surface area contributed by atoms with Crippen LogP contribution in [0, 0.1) is 5.92 Å². The van der Waals surface area contributed by atoms with Crippen molar-refractivity contribution in [3.05, 3.63) is 0 Å².